The number of hydroxylamine groups is 1. The van der Waals surface area contributed by atoms with Crippen LogP contribution < -0.4 is 15.1 Å². The van der Waals surface area contributed by atoms with Gasteiger partial charge in [0.05, 0.1) is 17.2 Å². The summed E-state index contributed by atoms with van der Waals surface area (Å²) in [5.41, 5.74) is -12.2. The van der Waals surface area contributed by atoms with Crippen molar-refractivity contribution in [1.82, 2.24) is 0 Å². The predicted octanol–water partition coefficient (Wildman–Crippen LogP) is 8.52. The van der Waals surface area contributed by atoms with Gasteiger partial charge in [-0.1, -0.05) is 6.07 Å². The molecule has 0 aliphatic heterocycles. The highest BCUT2D eigenvalue weighted by molar-refractivity contribution is 14.1. The van der Waals surface area contributed by atoms with Gasteiger partial charge in [-0.3, -0.25) is 9.59 Å². The number of anilines is 2. The summed E-state index contributed by atoms with van der Waals surface area (Å²) in [6.45, 7) is 0. The van der Waals surface area contributed by atoms with Crippen molar-refractivity contribution >= 4 is 51.7 Å². The first-order valence-electron chi connectivity index (χ1n) is 12.9. The molecular formula is C28H15F12IN2O5. The monoisotopic (exact) mass is 814 g/mol. The predicted molar refractivity (Wildman–Crippen MR) is 147 cm³/mol. The second-order valence-electron chi connectivity index (χ2n) is 9.92. The number of nitrogens with one attached hydrogen (secondary N) is 1. The normalized spacial score (nSPS) is 13.9. The second-order valence-corrected chi connectivity index (χ2v) is 11.1. The van der Waals surface area contributed by atoms with Gasteiger partial charge >= 0.3 is 30.4 Å². The molecule has 20 heteroatoms. The lowest BCUT2D eigenvalue weighted by Gasteiger charge is -2.31. The van der Waals surface area contributed by atoms with Gasteiger partial charge in [-0.15, -0.1) is 18.2 Å². The molecule has 0 atom stereocenters. The maximum Gasteiger partial charge on any atom is 0.573 e. The Labute approximate surface area is 273 Å². The molecule has 3 aromatic rings. The second kappa shape index (κ2) is 13.0. The standard InChI is InChI=1S/C28H15F12IN2O5/c29-15-8-6-12(7-9-15)23(45)43(48-24(46)13-4-5-13)18-3-1-2-16(20(18)30)22(44)42-21-17(41)10-14(11-19(21)47-28(38,39)40)25(31,26(32,33)34)27(35,36)37/h1-3,6-11,13H,4-5H2,(H,42,44). The van der Waals surface area contributed by atoms with Crippen molar-refractivity contribution in [1.29, 1.82) is 0 Å². The molecule has 0 aromatic heterocycles. The molecule has 0 saturated heterocycles. The van der Waals surface area contributed by atoms with E-state index in [9.17, 15) is 62.7 Å². The van der Waals surface area contributed by atoms with E-state index in [0.717, 1.165) is 59.0 Å². The Morgan fingerprint density at radius 1 is 0.833 bits per heavy atom. The molecule has 258 valence electrons. The number of alkyl halides is 10. The van der Waals surface area contributed by atoms with Crippen molar-refractivity contribution in [3.05, 3.63) is 86.5 Å². The van der Waals surface area contributed by atoms with Crippen LogP contribution in [-0.2, 0) is 15.3 Å². The molecule has 0 unspecified atom stereocenters. The number of nitrogens with zero attached hydrogens (tertiary/aromatic N) is 1. The number of halogens is 13. The number of benzene rings is 3. The van der Waals surface area contributed by atoms with Crippen LogP contribution in [0.2, 0.25) is 0 Å². The van der Waals surface area contributed by atoms with Crippen LogP contribution in [0.15, 0.2) is 54.6 Å². The Hall–Kier alpha value is -4.24. The van der Waals surface area contributed by atoms with Crippen LogP contribution in [0.5, 0.6) is 5.75 Å². The van der Waals surface area contributed by atoms with Crippen LogP contribution in [0.25, 0.3) is 0 Å². The third kappa shape index (κ3) is 7.57. The first-order chi connectivity index (χ1) is 22.0. The van der Waals surface area contributed by atoms with Crippen LogP contribution in [0.3, 0.4) is 0 Å². The highest BCUT2D eigenvalue weighted by Crippen LogP contribution is 2.55. The average Bonchev–Trinajstić information content (AvgIpc) is 3.81. The molecule has 2 amide bonds. The van der Waals surface area contributed by atoms with E-state index in [4.69, 9.17) is 4.84 Å². The molecule has 1 saturated carbocycles. The SMILES string of the molecule is O=C(Nc1c(I)cc(C(F)(C(F)(F)F)C(F)(F)F)cc1OC(F)(F)F)c1cccc(N(OC(=O)C2CC2)C(=O)c2ccc(F)cc2)c1F. The molecule has 7 nitrogen and oxygen atoms in total. The summed E-state index contributed by atoms with van der Waals surface area (Å²) in [4.78, 5) is 43.8. The van der Waals surface area contributed by atoms with Crippen molar-refractivity contribution in [2.24, 2.45) is 5.92 Å². The molecule has 4 rings (SSSR count). The number of carbonyl (C=O) groups excluding carboxylic acids is 3. The summed E-state index contributed by atoms with van der Waals surface area (Å²) in [5, 5.41) is 1.80. The topological polar surface area (TPSA) is 84.9 Å². The first kappa shape index (κ1) is 36.6. The molecule has 48 heavy (non-hydrogen) atoms. The molecule has 3 aromatic carbocycles. The molecule has 0 heterocycles. The molecule has 1 aliphatic rings. The van der Waals surface area contributed by atoms with Crippen LogP contribution in [0.1, 0.15) is 39.1 Å². The minimum atomic E-state index is -6.72. The fourth-order valence-corrected chi connectivity index (χ4v) is 4.76. The summed E-state index contributed by atoms with van der Waals surface area (Å²) in [5.74, 6) is -8.97. The molecule has 0 spiro atoms. The Morgan fingerprint density at radius 3 is 1.94 bits per heavy atom. The van der Waals surface area contributed by atoms with Gasteiger partial charge in [0.15, 0.2) is 11.6 Å². The largest absolute Gasteiger partial charge is 0.573 e. The van der Waals surface area contributed by atoms with Gasteiger partial charge in [-0.2, -0.15) is 26.3 Å². The van der Waals surface area contributed by atoms with Gasteiger partial charge in [0.2, 0.25) is 0 Å². The minimum Gasteiger partial charge on any atom is -0.404 e. The first-order valence-corrected chi connectivity index (χ1v) is 14.0. The van der Waals surface area contributed by atoms with Gasteiger partial charge in [-0.05, 0) is 84.0 Å². The van der Waals surface area contributed by atoms with E-state index >= 15 is 4.39 Å². The quantitative estimate of drug-likeness (QED) is 0.147. The Morgan fingerprint density at radius 2 is 1.42 bits per heavy atom. The van der Waals surface area contributed by atoms with Crippen molar-refractivity contribution in [2.45, 2.75) is 37.2 Å². The zero-order valence-electron chi connectivity index (χ0n) is 23.1. The average molecular weight is 814 g/mol. The molecule has 1 fully saturated rings. The maximum absolute atomic E-state index is 15.8. The van der Waals surface area contributed by atoms with Crippen molar-refractivity contribution in [3.8, 4) is 5.75 Å². The van der Waals surface area contributed by atoms with E-state index < -0.39 is 97.6 Å². The lowest BCUT2D eigenvalue weighted by Crippen LogP contribution is -2.50. The highest BCUT2D eigenvalue weighted by Gasteiger charge is 2.73. The van der Waals surface area contributed by atoms with E-state index in [0.29, 0.717) is 18.9 Å². The molecule has 1 aliphatic carbocycles. The minimum absolute atomic E-state index is 0.131. The number of amides is 2. The van der Waals surface area contributed by atoms with Gasteiger partial charge in [0, 0.05) is 14.7 Å². The van der Waals surface area contributed by atoms with Crippen molar-refractivity contribution in [3.63, 3.8) is 0 Å². The summed E-state index contributed by atoms with van der Waals surface area (Å²) in [6, 6.07) is 5.28. The lowest BCUT2D eigenvalue weighted by atomic mass is 9.93. The van der Waals surface area contributed by atoms with E-state index in [1.807, 2.05) is 0 Å². The fourth-order valence-electron chi connectivity index (χ4n) is 4.02. The summed E-state index contributed by atoms with van der Waals surface area (Å²) >= 11 is 0.887. The van der Waals surface area contributed by atoms with Gasteiger partial charge in [0.25, 0.3) is 11.8 Å². The fraction of sp³-hybridized carbons (Fsp3) is 0.250. The van der Waals surface area contributed by atoms with Crippen LogP contribution >= 0.6 is 22.6 Å². The maximum atomic E-state index is 15.8. The summed E-state index contributed by atoms with van der Waals surface area (Å²) < 4.78 is 166. The number of rotatable bonds is 7. The van der Waals surface area contributed by atoms with Gasteiger partial charge < -0.3 is 14.9 Å². The number of carbonyl (C=O) groups is 3. The smallest absolute Gasteiger partial charge is 0.404 e. The summed E-state index contributed by atoms with van der Waals surface area (Å²) in [6.07, 6.45) is -18.5. The van der Waals surface area contributed by atoms with Crippen molar-refractivity contribution in [2.75, 3.05) is 10.4 Å². The molecule has 0 radical (unpaired) electrons. The van der Waals surface area contributed by atoms with Crippen LogP contribution in [0.4, 0.5) is 64.1 Å². The van der Waals surface area contributed by atoms with Crippen molar-refractivity contribution < 1.29 is 76.6 Å². The zero-order chi connectivity index (χ0) is 36.0. The van der Waals surface area contributed by atoms with E-state index in [1.54, 1.807) is 5.32 Å². The lowest BCUT2D eigenvalue weighted by molar-refractivity contribution is -0.348. The van der Waals surface area contributed by atoms with E-state index in [1.165, 1.54) is 0 Å². The van der Waals surface area contributed by atoms with E-state index in [2.05, 4.69) is 4.74 Å². The highest BCUT2D eigenvalue weighted by atomic mass is 127. The van der Waals surface area contributed by atoms with Gasteiger partial charge in [0.1, 0.15) is 11.5 Å². The molecule has 1 N–H and O–H groups in total. The Kier molecular flexibility index (Phi) is 9.90. The van der Waals surface area contributed by atoms with Gasteiger partial charge in [-0.25, -0.2) is 18.0 Å². The molecular weight excluding hydrogens is 799 g/mol. The number of ether oxygens (including phenoxy) is 1. The Bertz CT molecular complexity index is 1720. The third-order valence-corrected chi connectivity index (χ3v) is 7.36. The number of hydrogen-bond acceptors (Lipinski definition) is 5. The third-order valence-electron chi connectivity index (χ3n) is 6.51. The molecule has 0 bridgehead atoms. The van der Waals surface area contributed by atoms with E-state index in [-0.39, 0.29) is 16.7 Å². The van der Waals surface area contributed by atoms with Crippen LogP contribution in [-0.4, -0.2) is 36.5 Å². The number of hydrogen-bond donors (Lipinski definition) is 1. The zero-order valence-corrected chi connectivity index (χ0v) is 25.2. The Balaban J connectivity index is 1.78. The summed E-state index contributed by atoms with van der Waals surface area (Å²) in [7, 11) is 0. The van der Waals surface area contributed by atoms with Crippen LogP contribution in [0, 0.1) is 21.1 Å².